The van der Waals surface area contributed by atoms with Crippen molar-refractivity contribution in [3.63, 3.8) is 0 Å². The van der Waals surface area contributed by atoms with E-state index in [2.05, 4.69) is 10.3 Å². The number of nitrogens with one attached hydrogen (secondary N) is 1. The number of ether oxygens (including phenoxy) is 2. The van der Waals surface area contributed by atoms with Crippen molar-refractivity contribution in [3.8, 4) is 11.6 Å². The summed E-state index contributed by atoms with van der Waals surface area (Å²) in [4.78, 5) is 4.25. The second kappa shape index (κ2) is 4.53. The molecule has 1 N–H and O–H groups in total. The molecule has 2 saturated heterocycles. The number of piperidine rings is 1. The van der Waals surface area contributed by atoms with Gasteiger partial charge in [0.2, 0.25) is 5.88 Å². The van der Waals surface area contributed by atoms with Gasteiger partial charge in [0.05, 0.1) is 13.3 Å². The van der Waals surface area contributed by atoms with Crippen molar-refractivity contribution in [2.75, 3.05) is 7.11 Å². The first kappa shape index (κ1) is 10.8. The number of methoxy groups -OCH3 is 1. The number of aromatic nitrogens is 1. The minimum absolute atomic E-state index is 0.314. The summed E-state index contributed by atoms with van der Waals surface area (Å²) < 4.78 is 11.0. The molecule has 0 amide bonds. The first-order valence-electron chi connectivity index (χ1n) is 6.26. The lowest BCUT2D eigenvalue weighted by Gasteiger charge is -2.29. The standard InChI is InChI=1S/C13H18N2O2/c1-16-11-4-5-13(14-8-11)17-12-6-9-2-3-10(7-12)15-9/h4-5,8-10,12,15H,2-3,6-7H2,1H3. The van der Waals surface area contributed by atoms with Crippen LogP contribution in [0.2, 0.25) is 0 Å². The average molecular weight is 234 g/mol. The monoisotopic (exact) mass is 234 g/mol. The first-order chi connectivity index (χ1) is 8.33. The summed E-state index contributed by atoms with van der Waals surface area (Å²) in [5.41, 5.74) is 0. The van der Waals surface area contributed by atoms with E-state index < -0.39 is 0 Å². The van der Waals surface area contributed by atoms with Crippen molar-refractivity contribution in [2.45, 2.75) is 43.9 Å². The lowest BCUT2D eigenvalue weighted by atomic mass is 10.0. The summed E-state index contributed by atoms with van der Waals surface area (Å²) in [7, 11) is 1.64. The van der Waals surface area contributed by atoms with Crippen LogP contribution in [0.1, 0.15) is 25.7 Å². The van der Waals surface area contributed by atoms with Crippen molar-refractivity contribution in [2.24, 2.45) is 0 Å². The molecule has 1 aromatic heterocycles. The Balaban J connectivity index is 1.62. The van der Waals surface area contributed by atoms with Crippen LogP contribution in [0.25, 0.3) is 0 Å². The molecule has 2 unspecified atom stereocenters. The van der Waals surface area contributed by atoms with Gasteiger partial charge in [-0.25, -0.2) is 4.98 Å². The minimum atomic E-state index is 0.314. The van der Waals surface area contributed by atoms with Crippen molar-refractivity contribution in [1.82, 2.24) is 10.3 Å². The molecule has 2 aliphatic rings. The molecule has 3 rings (SSSR count). The molecular weight excluding hydrogens is 216 g/mol. The van der Waals surface area contributed by atoms with Crippen molar-refractivity contribution in [1.29, 1.82) is 0 Å². The fourth-order valence-corrected chi connectivity index (χ4v) is 2.83. The molecule has 2 fully saturated rings. The van der Waals surface area contributed by atoms with Gasteiger partial charge in [-0.15, -0.1) is 0 Å². The Morgan fingerprint density at radius 3 is 2.59 bits per heavy atom. The maximum atomic E-state index is 5.93. The zero-order valence-corrected chi connectivity index (χ0v) is 10.1. The SMILES string of the molecule is COc1ccc(OC2CC3CCC(C2)N3)nc1. The van der Waals surface area contributed by atoms with Gasteiger partial charge in [0.1, 0.15) is 11.9 Å². The average Bonchev–Trinajstić information content (AvgIpc) is 2.70. The van der Waals surface area contributed by atoms with E-state index in [1.54, 1.807) is 13.3 Å². The number of fused-ring (bicyclic) bond motifs is 2. The molecule has 2 atom stereocenters. The van der Waals surface area contributed by atoms with E-state index in [4.69, 9.17) is 9.47 Å². The van der Waals surface area contributed by atoms with Gasteiger partial charge in [-0.05, 0) is 31.7 Å². The molecule has 2 bridgehead atoms. The Kier molecular flexibility index (Phi) is 2.89. The Labute approximate surface area is 101 Å². The number of rotatable bonds is 3. The first-order valence-corrected chi connectivity index (χ1v) is 6.26. The zero-order valence-electron chi connectivity index (χ0n) is 10.1. The lowest BCUT2D eigenvalue weighted by molar-refractivity contribution is 0.131. The third-order valence-electron chi connectivity index (χ3n) is 3.66. The Morgan fingerprint density at radius 2 is 2.00 bits per heavy atom. The molecule has 0 aromatic carbocycles. The fraction of sp³-hybridized carbons (Fsp3) is 0.615. The second-order valence-corrected chi connectivity index (χ2v) is 4.89. The summed E-state index contributed by atoms with van der Waals surface area (Å²) in [6, 6.07) is 5.06. The van der Waals surface area contributed by atoms with Gasteiger partial charge >= 0.3 is 0 Å². The smallest absolute Gasteiger partial charge is 0.213 e. The minimum Gasteiger partial charge on any atom is -0.495 e. The van der Waals surface area contributed by atoms with E-state index >= 15 is 0 Å². The van der Waals surface area contributed by atoms with Crippen LogP contribution in [0.4, 0.5) is 0 Å². The normalized spacial score (nSPS) is 31.2. The van der Waals surface area contributed by atoms with Gasteiger partial charge in [-0.2, -0.15) is 0 Å². The number of nitrogens with zero attached hydrogens (tertiary/aromatic N) is 1. The molecule has 0 spiro atoms. The van der Waals surface area contributed by atoms with E-state index in [1.807, 2.05) is 12.1 Å². The van der Waals surface area contributed by atoms with Gasteiger partial charge < -0.3 is 14.8 Å². The molecule has 4 heteroatoms. The summed E-state index contributed by atoms with van der Waals surface area (Å²) >= 11 is 0. The van der Waals surface area contributed by atoms with Gasteiger partial charge in [0.25, 0.3) is 0 Å². The summed E-state index contributed by atoms with van der Waals surface area (Å²) in [5.74, 6) is 1.47. The fourth-order valence-electron chi connectivity index (χ4n) is 2.83. The summed E-state index contributed by atoms with van der Waals surface area (Å²) in [6.45, 7) is 0. The molecule has 2 aliphatic heterocycles. The maximum absolute atomic E-state index is 5.93. The Hall–Kier alpha value is -1.29. The topological polar surface area (TPSA) is 43.4 Å². The molecular formula is C13H18N2O2. The predicted octanol–water partition coefficient (Wildman–Crippen LogP) is 1.75. The third-order valence-corrected chi connectivity index (χ3v) is 3.66. The summed E-state index contributed by atoms with van der Waals surface area (Å²) in [6.07, 6.45) is 6.80. The van der Waals surface area contributed by atoms with Crippen LogP contribution in [0.3, 0.4) is 0 Å². The second-order valence-electron chi connectivity index (χ2n) is 4.89. The zero-order chi connectivity index (χ0) is 11.7. The highest BCUT2D eigenvalue weighted by molar-refractivity contribution is 5.22. The van der Waals surface area contributed by atoms with Crippen molar-refractivity contribution >= 4 is 0 Å². The van der Waals surface area contributed by atoms with E-state index in [-0.39, 0.29) is 0 Å². The highest BCUT2D eigenvalue weighted by Gasteiger charge is 2.34. The Bertz CT molecular complexity index is 368. The van der Waals surface area contributed by atoms with E-state index in [1.165, 1.54) is 12.8 Å². The van der Waals surface area contributed by atoms with Crippen LogP contribution in [0, 0.1) is 0 Å². The van der Waals surface area contributed by atoms with Gasteiger partial charge in [-0.3, -0.25) is 0 Å². The quantitative estimate of drug-likeness (QED) is 0.865. The molecule has 0 radical (unpaired) electrons. The number of hydrogen-bond donors (Lipinski definition) is 1. The molecule has 92 valence electrons. The van der Waals surface area contributed by atoms with Crippen molar-refractivity contribution in [3.05, 3.63) is 18.3 Å². The Morgan fingerprint density at radius 1 is 1.24 bits per heavy atom. The largest absolute Gasteiger partial charge is 0.495 e. The molecule has 17 heavy (non-hydrogen) atoms. The van der Waals surface area contributed by atoms with E-state index in [9.17, 15) is 0 Å². The maximum Gasteiger partial charge on any atom is 0.213 e. The van der Waals surface area contributed by atoms with Gasteiger partial charge in [-0.1, -0.05) is 0 Å². The van der Waals surface area contributed by atoms with Gasteiger partial charge in [0.15, 0.2) is 0 Å². The van der Waals surface area contributed by atoms with Crippen LogP contribution < -0.4 is 14.8 Å². The molecule has 0 aliphatic carbocycles. The molecule has 1 aromatic rings. The predicted molar refractivity (Wildman–Crippen MR) is 64.4 cm³/mol. The molecule has 3 heterocycles. The molecule has 4 nitrogen and oxygen atoms in total. The van der Waals surface area contributed by atoms with Crippen molar-refractivity contribution < 1.29 is 9.47 Å². The summed E-state index contributed by atoms with van der Waals surface area (Å²) in [5, 5.41) is 3.60. The number of hydrogen-bond acceptors (Lipinski definition) is 4. The van der Waals surface area contributed by atoms with Crippen LogP contribution >= 0.6 is 0 Å². The lowest BCUT2D eigenvalue weighted by Crippen LogP contribution is -2.42. The highest BCUT2D eigenvalue weighted by Crippen LogP contribution is 2.29. The van der Waals surface area contributed by atoms with E-state index in [0.717, 1.165) is 18.6 Å². The van der Waals surface area contributed by atoms with Gasteiger partial charge in [0, 0.05) is 18.2 Å². The van der Waals surface area contributed by atoms with Crippen LogP contribution in [-0.2, 0) is 0 Å². The number of pyridine rings is 1. The van der Waals surface area contributed by atoms with Crippen LogP contribution in [0.5, 0.6) is 11.6 Å². The van der Waals surface area contributed by atoms with Crippen LogP contribution in [0.15, 0.2) is 18.3 Å². The third kappa shape index (κ3) is 2.36. The van der Waals surface area contributed by atoms with Crippen LogP contribution in [-0.4, -0.2) is 30.3 Å². The highest BCUT2D eigenvalue weighted by atomic mass is 16.5. The molecule has 0 saturated carbocycles. The van der Waals surface area contributed by atoms with E-state index in [0.29, 0.717) is 24.1 Å².